The zero-order valence-electron chi connectivity index (χ0n) is 9.91. The van der Waals surface area contributed by atoms with Crippen molar-refractivity contribution in [2.75, 3.05) is 0 Å². The van der Waals surface area contributed by atoms with E-state index >= 15 is 0 Å². The van der Waals surface area contributed by atoms with Crippen LogP contribution in [0.15, 0.2) is 29.8 Å². The Morgan fingerprint density at radius 2 is 2.20 bits per heavy atom. The van der Waals surface area contributed by atoms with Gasteiger partial charge in [0.1, 0.15) is 9.88 Å². The van der Waals surface area contributed by atoms with Crippen LogP contribution in [-0.2, 0) is 0 Å². The second-order valence-electron chi connectivity index (χ2n) is 3.92. The largest absolute Gasteiger partial charge is 0.291 e. The predicted molar refractivity (Wildman–Crippen MR) is 79.4 cm³/mol. The number of benzene rings is 1. The fourth-order valence-electron chi connectivity index (χ4n) is 1.76. The Kier molecular flexibility index (Phi) is 3.49. The number of halogens is 1. The number of hydrogen-bond acceptors (Lipinski definition) is 6. The molecule has 1 atom stereocenters. The molecule has 1 unspecified atom stereocenters. The first kappa shape index (κ1) is 13.2. The predicted octanol–water partition coefficient (Wildman–Crippen LogP) is 3.90. The highest BCUT2D eigenvalue weighted by atomic mass is 35.5. The number of hydrogen-bond donors (Lipinski definition) is 0. The molecule has 2 aromatic heterocycles. The molecule has 2 heterocycles. The third kappa shape index (κ3) is 2.20. The number of carbonyl (C=O) groups is 1. The van der Waals surface area contributed by atoms with Crippen molar-refractivity contribution in [2.45, 2.75) is 5.92 Å². The molecule has 0 bridgehead atoms. The minimum absolute atomic E-state index is 0.140. The molecule has 0 N–H and O–H groups in total. The molecule has 0 saturated heterocycles. The van der Waals surface area contributed by atoms with Crippen molar-refractivity contribution in [3.63, 3.8) is 0 Å². The molecule has 4 nitrogen and oxygen atoms in total. The number of nitrogens with zero attached hydrogens (tertiary/aromatic N) is 3. The summed E-state index contributed by atoms with van der Waals surface area (Å²) < 4.78 is 0.950. The summed E-state index contributed by atoms with van der Waals surface area (Å²) in [7, 11) is 0. The Bertz CT molecular complexity index is 800. The lowest BCUT2D eigenvalue weighted by molar-refractivity contribution is 0.0982. The zero-order chi connectivity index (χ0) is 14.1. The van der Waals surface area contributed by atoms with Crippen molar-refractivity contribution in [3.05, 3.63) is 44.8 Å². The maximum atomic E-state index is 12.4. The Morgan fingerprint density at radius 3 is 2.85 bits per heavy atom. The van der Waals surface area contributed by atoms with Crippen molar-refractivity contribution >= 4 is 50.3 Å². The van der Waals surface area contributed by atoms with Gasteiger partial charge in [0, 0.05) is 0 Å². The van der Waals surface area contributed by atoms with Crippen LogP contribution < -0.4 is 0 Å². The standard InChI is InChI=1S/C13H6ClN3OS2/c14-12-11(19-6-16-12)10(18)7(5-15)13-17-8-3-1-2-4-9(8)20-13/h1-4,6-7H. The van der Waals surface area contributed by atoms with Crippen LogP contribution >= 0.6 is 34.3 Å². The zero-order valence-corrected chi connectivity index (χ0v) is 12.3. The first-order chi connectivity index (χ1) is 9.70. The van der Waals surface area contributed by atoms with E-state index in [1.165, 1.54) is 16.8 Å². The Balaban J connectivity index is 2.04. The summed E-state index contributed by atoms with van der Waals surface area (Å²) in [5, 5.41) is 9.93. The van der Waals surface area contributed by atoms with Crippen LogP contribution in [0.3, 0.4) is 0 Å². The maximum Gasteiger partial charge on any atom is 0.200 e. The van der Waals surface area contributed by atoms with Gasteiger partial charge in [-0.1, -0.05) is 23.7 Å². The highest BCUT2D eigenvalue weighted by Gasteiger charge is 2.28. The normalized spacial score (nSPS) is 12.2. The molecular formula is C13H6ClN3OS2. The van der Waals surface area contributed by atoms with E-state index < -0.39 is 5.92 Å². The van der Waals surface area contributed by atoms with Gasteiger partial charge in [-0.15, -0.1) is 22.7 Å². The third-order valence-electron chi connectivity index (χ3n) is 2.70. The maximum absolute atomic E-state index is 12.4. The number of rotatable bonds is 3. The average Bonchev–Trinajstić information content (AvgIpc) is 3.05. The first-order valence-electron chi connectivity index (χ1n) is 5.59. The highest BCUT2D eigenvalue weighted by molar-refractivity contribution is 7.19. The smallest absolute Gasteiger partial charge is 0.200 e. The Hall–Kier alpha value is -1.81. The fourth-order valence-corrected chi connectivity index (χ4v) is 3.76. The molecular weight excluding hydrogens is 314 g/mol. The molecule has 0 radical (unpaired) electrons. The molecule has 7 heteroatoms. The fraction of sp³-hybridized carbons (Fsp3) is 0.0769. The van der Waals surface area contributed by atoms with E-state index in [1.54, 1.807) is 0 Å². The lowest BCUT2D eigenvalue weighted by Gasteiger charge is -2.02. The molecule has 0 aliphatic rings. The van der Waals surface area contributed by atoms with Crippen molar-refractivity contribution in [3.8, 4) is 6.07 Å². The summed E-state index contributed by atoms with van der Waals surface area (Å²) in [5.74, 6) is -1.29. The summed E-state index contributed by atoms with van der Waals surface area (Å²) in [6.45, 7) is 0. The molecule has 3 aromatic rings. The number of aromatic nitrogens is 2. The van der Waals surface area contributed by atoms with Gasteiger partial charge < -0.3 is 0 Å². The van der Waals surface area contributed by atoms with E-state index in [0.717, 1.165) is 21.6 Å². The summed E-state index contributed by atoms with van der Waals surface area (Å²) >= 11 is 8.34. The number of Topliss-reactive ketones (excluding diaryl/α,β-unsaturated/α-hetero) is 1. The molecule has 0 saturated carbocycles. The first-order valence-corrected chi connectivity index (χ1v) is 7.66. The monoisotopic (exact) mass is 319 g/mol. The number of para-hydroxylation sites is 1. The number of fused-ring (bicyclic) bond motifs is 1. The molecule has 20 heavy (non-hydrogen) atoms. The van der Waals surface area contributed by atoms with E-state index in [9.17, 15) is 10.1 Å². The van der Waals surface area contributed by atoms with E-state index in [4.69, 9.17) is 11.6 Å². The second-order valence-corrected chi connectivity index (χ2v) is 6.19. The SMILES string of the molecule is N#CC(C(=O)c1scnc1Cl)c1nc2ccccc2s1. The summed E-state index contributed by atoms with van der Waals surface area (Å²) in [5.41, 5.74) is 2.28. The van der Waals surface area contributed by atoms with Gasteiger partial charge in [-0.05, 0) is 12.1 Å². The molecule has 0 aliphatic carbocycles. The van der Waals surface area contributed by atoms with E-state index in [1.807, 2.05) is 30.3 Å². The van der Waals surface area contributed by atoms with E-state index in [-0.39, 0.29) is 10.9 Å². The quantitative estimate of drug-likeness (QED) is 0.687. The summed E-state index contributed by atoms with van der Waals surface area (Å²) in [6.07, 6.45) is 0. The molecule has 0 fully saturated rings. The molecule has 3 rings (SSSR count). The van der Waals surface area contributed by atoms with Crippen LogP contribution in [0.25, 0.3) is 10.2 Å². The summed E-state index contributed by atoms with van der Waals surface area (Å²) in [4.78, 5) is 20.9. The minimum atomic E-state index is -0.939. The summed E-state index contributed by atoms with van der Waals surface area (Å²) in [6, 6.07) is 9.55. The number of ketones is 1. The van der Waals surface area contributed by atoms with Crippen LogP contribution in [0.2, 0.25) is 5.15 Å². The van der Waals surface area contributed by atoms with E-state index in [2.05, 4.69) is 9.97 Å². The van der Waals surface area contributed by atoms with Crippen LogP contribution in [0, 0.1) is 11.3 Å². The van der Waals surface area contributed by atoms with Crippen molar-refractivity contribution < 1.29 is 4.79 Å². The molecule has 0 amide bonds. The number of nitriles is 1. The van der Waals surface area contributed by atoms with Crippen LogP contribution in [0.5, 0.6) is 0 Å². The van der Waals surface area contributed by atoms with Gasteiger partial charge in [-0.2, -0.15) is 5.26 Å². The van der Waals surface area contributed by atoms with Gasteiger partial charge in [0.2, 0.25) is 0 Å². The average molecular weight is 320 g/mol. The number of carbonyl (C=O) groups excluding carboxylic acids is 1. The van der Waals surface area contributed by atoms with Crippen LogP contribution in [-0.4, -0.2) is 15.8 Å². The van der Waals surface area contributed by atoms with Gasteiger partial charge in [-0.3, -0.25) is 4.79 Å². The lowest BCUT2D eigenvalue weighted by atomic mass is 10.1. The molecule has 1 aromatic carbocycles. The second kappa shape index (κ2) is 5.29. The highest BCUT2D eigenvalue weighted by Crippen LogP contribution is 2.31. The van der Waals surface area contributed by atoms with Crippen molar-refractivity contribution in [2.24, 2.45) is 0 Å². The molecule has 0 aliphatic heterocycles. The van der Waals surface area contributed by atoms with Gasteiger partial charge in [0.25, 0.3) is 0 Å². The van der Waals surface area contributed by atoms with Gasteiger partial charge >= 0.3 is 0 Å². The third-order valence-corrected chi connectivity index (χ3v) is 5.04. The molecule has 98 valence electrons. The van der Waals surface area contributed by atoms with Gasteiger partial charge in [0.15, 0.2) is 16.9 Å². The van der Waals surface area contributed by atoms with Gasteiger partial charge in [-0.25, -0.2) is 9.97 Å². The lowest BCUT2D eigenvalue weighted by Crippen LogP contribution is -2.10. The van der Waals surface area contributed by atoms with Crippen molar-refractivity contribution in [1.82, 2.24) is 9.97 Å². The topological polar surface area (TPSA) is 66.6 Å². The number of thiazole rings is 2. The van der Waals surface area contributed by atoms with Crippen LogP contribution in [0.4, 0.5) is 0 Å². The Labute approximate surface area is 127 Å². The van der Waals surface area contributed by atoms with Crippen LogP contribution in [0.1, 0.15) is 20.6 Å². The Morgan fingerprint density at radius 1 is 1.40 bits per heavy atom. The van der Waals surface area contributed by atoms with E-state index in [0.29, 0.717) is 9.88 Å². The minimum Gasteiger partial charge on any atom is -0.291 e. The van der Waals surface area contributed by atoms with Crippen molar-refractivity contribution in [1.29, 1.82) is 5.26 Å². The molecule has 0 spiro atoms. The van der Waals surface area contributed by atoms with Gasteiger partial charge in [0.05, 0.1) is 21.8 Å².